The normalized spacial score (nSPS) is 10.6. The van der Waals surface area contributed by atoms with Gasteiger partial charge >= 0.3 is 0 Å². The molecule has 1 aromatic carbocycles. The molecular weight excluding hydrogens is 302 g/mol. The van der Waals surface area contributed by atoms with Crippen LogP contribution >= 0.6 is 0 Å². The second kappa shape index (κ2) is 9.82. The van der Waals surface area contributed by atoms with Crippen molar-refractivity contribution in [2.75, 3.05) is 29.6 Å². The van der Waals surface area contributed by atoms with Gasteiger partial charge in [-0.05, 0) is 25.3 Å². The van der Waals surface area contributed by atoms with Crippen LogP contribution in [-0.4, -0.2) is 34.6 Å². The van der Waals surface area contributed by atoms with Gasteiger partial charge in [-0.15, -0.1) is 0 Å². The van der Waals surface area contributed by atoms with E-state index >= 15 is 0 Å². The van der Waals surface area contributed by atoms with E-state index in [1.165, 1.54) is 0 Å². The summed E-state index contributed by atoms with van der Waals surface area (Å²) in [5, 5.41) is 1.72. The second-order valence-electron chi connectivity index (χ2n) is 5.53. The average Bonchev–Trinajstić information content (AvgIpc) is 2.63. The Balaban J connectivity index is 2.09. The molecule has 24 heavy (non-hydrogen) atoms. The number of anilines is 2. The molecule has 0 N–H and O–H groups in total. The fourth-order valence-electron chi connectivity index (χ4n) is 2.42. The Labute approximate surface area is 144 Å². The first-order valence-electron chi connectivity index (χ1n) is 8.66. The van der Waals surface area contributed by atoms with Crippen LogP contribution in [0.5, 0.6) is 0 Å². The van der Waals surface area contributed by atoms with Crippen LogP contribution in [0, 0.1) is 0 Å². The molecule has 6 nitrogen and oxygen atoms in total. The highest BCUT2D eigenvalue weighted by Crippen LogP contribution is 2.14. The van der Waals surface area contributed by atoms with Crippen molar-refractivity contribution in [2.24, 2.45) is 0 Å². The topological polar surface area (TPSA) is 54.4 Å². The van der Waals surface area contributed by atoms with Crippen molar-refractivity contribution < 1.29 is 4.84 Å². The van der Waals surface area contributed by atoms with E-state index in [4.69, 9.17) is 4.84 Å². The van der Waals surface area contributed by atoms with Crippen LogP contribution in [0.1, 0.15) is 39.2 Å². The van der Waals surface area contributed by atoms with E-state index in [1.807, 2.05) is 37.3 Å². The maximum Gasteiger partial charge on any atom is 0.254 e. The highest BCUT2D eigenvalue weighted by atomic mass is 16.7. The molecule has 0 unspecified atom stereocenters. The number of aromatic nitrogens is 3. The van der Waals surface area contributed by atoms with E-state index in [2.05, 4.69) is 33.7 Å². The summed E-state index contributed by atoms with van der Waals surface area (Å²) < 4.78 is 0. The highest BCUT2D eigenvalue weighted by molar-refractivity contribution is 5.36. The molecule has 2 aromatic rings. The molecule has 0 radical (unpaired) electrons. The Morgan fingerprint density at radius 2 is 1.58 bits per heavy atom. The van der Waals surface area contributed by atoms with Crippen LogP contribution in [-0.2, 0) is 11.4 Å². The van der Waals surface area contributed by atoms with E-state index in [0.29, 0.717) is 25.0 Å². The third kappa shape index (κ3) is 5.16. The van der Waals surface area contributed by atoms with Gasteiger partial charge in [0, 0.05) is 19.6 Å². The van der Waals surface area contributed by atoms with Gasteiger partial charge in [0.2, 0.25) is 5.95 Å². The Morgan fingerprint density at radius 3 is 2.21 bits per heavy atom. The first kappa shape index (κ1) is 18.1. The predicted molar refractivity (Wildman–Crippen MR) is 96.9 cm³/mol. The molecule has 0 atom stereocenters. The summed E-state index contributed by atoms with van der Waals surface area (Å²) in [7, 11) is 0. The SMILES string of the molecule is CCCN(CCC)c1ncnc(N(CC)OCc2ccccc2)n1. The number of hydrogen-bond acceptors (Lipinski definition) is 6. The van der Waals surface area contributed by atoms with Gasteiger partial charge in [-0.1, -0.05) is 44.2 Å². The molecule has 2 rings (SSSR count). The fraction of sp³-hybridized carbons (Fsp3) is 0.500. The largest absolute Gasteiger partial charge is 0.341 e. The minimum Gasteiger partial charge on any atom is -0.341 e. The average molecular weight is 329 g/mol. The number of hydroxylamine groups is 1. The molecule has 130 valence electrons. The lowest BCUT2D eigenvalue weighted by Gasteiger charge is -2.24. The molecule has 0 aliphatic rings. The molecule has 0 aliphatic carbocycles. The van der Waals surface area contributed by atoms with E-state index in [0.717, 1.165) is 31.5 Å². The van der Waals surface area contributed by atoms with Crippen molar-refractivity contribution in [2.45, 2.75) is 40.2 Å². The maximum atomic E-state index is 5.88. The molecule has 1 heterocycles. The summed E-state index contributed by atoms with van der Waals surface area (Å²) in [6.45, 7) is 9.37. The van der Waals surface area contributed by atoms with Gasteiger partial charge in [0.1, 0.15) is 12.9 Å². The third-order valence-electron chi connectivity index (χ3n) is 3.56. The molecule has 0 saturated heterocycles. The third-order valence-corrected chi connectivity index (χ3v) is 3.56. The van der Waals surface area contributed by atoms with Gasteiger partial charge in [-0.3, -0.25) is 4.84 Å². The molecule has 0 aliphatic heterocycles. The van der Waals surface area contributed by atoms with E-state index in [-0.39, 0.29) is 0 Å². The predicted octanol–water partition coefficient (Wildman–Crippen LogP) is 3.46. The van der Waals surface area contributed by atoms with Crippen molar-refractivity contribution in [1.29, 1.82) is 0 Å². The summed E-state index contributed by atoms with van der Waals surface area (Å²) in [4.78, 5) is 21.3. The monoisotopic (exact) mass is 329 g/mol. The lowest BCUT2D eigenvalue weighted by atomic mass is 10.2. The summed E-state index contributed by atoms with van der Waals surface area (Å²) in [6.07, 6.45) is 3.68. The van der Waals surface area contributed by atoms with Crippen molar-refractivity contribution in [1.82, 2.24) is 15.0 Å². The first-order valence-corrected chi connectivity index (χ1v) is 8.66. The van der Waals surface area contributed by atoms with Crippen LogP contribution in [0.15, 0.2) is 36.7 Å². The minimum absolute atomic E-state index is 0.489. The second-order valence-corrected chi connectivity index (χ2v) is 5.53. The zero-order chi connectivity index (χ0) is 17.2. The Hall–Kier alpha value is -2.21. The van der Waals surface area contributed by atoms with Gasteiger partial charge in [-0.2, -0.15) is 9.97 Å². The smallest absolute Gasteiger partial charge is 0.254 e. The van der Waals surface area contributed by atoms with E-state index in [9.17, 15) is 0 Å². The molecule has 0 saturated carbocycles. The van der Waals surface area contributed by atoms with Crippen LogP contribution in [0.4, 0.5) is 11.9 Å². The van der Waals surface area contributed by atoms with Crippen molar-refractivity contribution in [3.8, 4) is 0 Å². The zero-order valence-electron chi connectivity index (χ0n) is 14.9. The highest BCUT2D eigenvalue weighted by Gasteiger charge is 2.13. The van der Waals surface area contributed by atoms with Gasteiger partial charge < -0.3 is 4.90 Å². The molecule has 0 spiro atoms. The lowest BCUT2D eigenvalue weighted by molar-refractivity contribution is 0.0934. The van der Waals surface area contributed by atoms with Gasteiger partial charge in [0.25, 0.3) is 5.95 Å². The van der Waals surface area contributed by atoms with Crippen LogP contribution in [0.2, 0.25) is 0 Å². The number of rotatable bonds is 10. The summed E-state index contributed by atoms with van der Waals surface area (Å²) in [6, 6.07) is 10.1. The Kier molecular flexibility index (Phi) is 7.42. The standard InChI is InChI=1S/C18H27N5O/c1-4-12-22(13-5-2)17-19-15-20-18(21-17)23(6-3)24-14-16-10-8-7-9-11-16/h7-11,15H,4-6,12-14H2,1-3H3. The minimum atomic E-state index is 0.489. The summed E-state index contributed by atoms with van der Waals surface area (Å²) in [5.41, 5.74) is 1.11. The number of benzene rings is 1. The van der Waals surface area contributed by atoms with Crippen LogP contribution in [0.25, 0.3) is 0 Å². The van der Waals surface area contributed by atoms with Crippen LogP contribution < -0.4 is 9.96 Å². The molecule has 0 fully saturated rings. The molecule has 1 aromatic heterocycles. The summed E-state index contributed by atoms with van der Waals surface area (Å²) in [5.74, 6) is 1.26. The van der Waals surface area contributed by atoms with E-state index in [1.54, 1.807) is 11.4 Å². The number of nitrogens with zero attached hydrogens (tertiary/aromatic N) is 5. The van der Waals surface area contributed by atoms with Gasteiger partial charge in [-0.25, -0.2) is 10.0 Å². The first-order chi connectivity index (χ1) is 11.8. The van der Waals surface area contributed by atoms with Crippen molar-refractivity contribution >= 4 is 11.9 Å². The van der Waals surface area contributed by atoms with Crippen LogP contribution in [0.3, 0.4) is 0 Å². The van der Waals surface area contributed by atoms with Gasteiger partial charge in [0.15, 0.2) is 0 Å². The van der Waals surface area contributed by atoms with E-state index < -0.39 is 0 Å². The fourth-order valence-corrected chi connectivity index (χ4v) is 2.42. The van der Waals surface area contributed by atoms with Gasteiger partial charge in [0.05, 0.1) is 0 Å². The summed E-state index contributed by atoms with van der Waals surface area (Å²) >= 11 is 0. The quantitative estimate of drug-likeness (QED) is 0.622. The van der Waals surface area contributed by atoms with Crippen molar-refractivity contribution in [3.05, 3.63) is 42.2 Å². The maximum absolute atomic E-state index is 5.88. The zero-order valence-corrected chi connectivity index (χ0v) is 14.9. The Morgan fingerprint density at radius 1 is 0.917 bits per heavy atom. The number of hydrogen-bond donors (Lipinski definition) is 0. The Bertz CT molecular complexity index is 587. The lowest BCUT2D eigenvalue weighted by Crippen LogP contribution is -2.29. The van der Waals surface area contributed by atoms with Crippen molar-refractivity contribution in [3.63, 3.8) is 0 Å². The molecular formula is C18H27N5O. The molecule has 0 amide bonds. The molecule has 0 bridgehead atoms. The molecule has 6 heteroatoms.